The van der Waals surface area contributed by atoms with E-state index in [1.165, 1.54) is 0 Å². The molecule has 5 aliphatic heterocycles. The molecule has 0 aromatic heterocycles. The van der Waals surface area contributed by atoms with Crippen LogP contribution in [-0.2, 0) is 178 Å². The average Bonchev–Trinajstić information content (AvgIpc) is 0.886. The van der Waals surface area contributed by atoms with Crippen LogP contribution in [0.3, 0.4) is 0 Å². The molecule has 0 spiro atoms. The zero-order chi connectivity index (χ0) is 68.0. The van der Waals surface area contributed by atoms with Crippen LogP contribution in [0.4, 0.5) is 0 Å². The number of carboxylic acid groups (broad SMARTS) is 2. The quantitative estimate of drug-likeness (QED) is 0.0435. The van der Waals surface area contributed by atoms with Crippen LogP contribution in [0.2, 0.25) is 0 Å². The van der Waals surface area contributed by atoms with Gasteiger partial charge in [0.2, 0.25) is 62.4 Å². The van der Waals surface area contributed by atoms with Gasteiger partial charge in [-0.05, 0) is 6.92 Å². The maximum atomic E-state index is 13.1. The molecule has 5 rings (SSSR count). The van der Waals surface area contributed by atoms with Crippen molar-refractivity contribution < 1.29 is 203 Å². The fourth-order valence-corrected chi connectivity index (χ4v) is 12.7. The summed E-state index contributed by atoms with van der Waals surface area (Å²) in [6.45, 7) is -3.13. The van der Waals surface area contributed by atoms with Gasteiger partial charge in [-0.2, -0.15) is 0 Å². The third-order valence-electron chi connectivity index (χ3n) is 13.7. The zero-order valence-electron chi connectivity index (χ0n) is 47.4. The summed E-state index contributed by atoms with van der Waals surface area (Å²) in [5.41, 5.74) is 0. The normalized spacial score (nSPS) is 38.6. The molecule has 0 bridgehead atoms. The van der Waals surface area contributed by atoms with Gasteiger partial charge in [-0.15, -0.1) is 0 Å². The number of carboxylic acids is 2. The van der Waals surface area contributed by atoms with Gasteiger partial charge in [0, 0.05) is 56.9 Å². The van der Waals surface area contributed by atoms with E-state index in [1.54, 1.807) is 0 Å². The van der Waals surface area contributed by atoms with Crippen molar-refractivity contribution in [3.63, 3.8) is 0 Å². The molecule has 45 nitrogen and oxygen atoms in total. The Kier molecular flexibility index (Phi) is 27.8. The lowest BCUT2D eigenvalue weighted by Gasteiger charge is -2.52. The SMILES string of the molecule is CO[C@@H]1[C@@H](OC)[C@H](O[C@H]2[C@H](OS(=O)(=O)[O-])[C@@H](OS(=O)(=O)[O-])[C@@H](O[C@H]3[C@H](OC)[C@@H](OC)[C@H](O[C@H]4[C@H](OC)[C@@H](OS(=O)(=O)[O-])[C@@H](C)O[C@@H]4COS(=O)(=O)[O-])O[C@H]3C(=O)[O-])O[C@@H]2COS(=O)(=O)[O-])O[C@H](C(=O)[O-])[C@H]1O[C@H]1O[C@H](COS(=O)(=O)[O-])[C@@H](OC)[C@H](OC)[C@H]1OC. The molecular formula is C39H58O45S6-8. The van der Waals surface area contributed by atoms with Gasteiger partial charge in [-0.1, -0.05) is 0 Å². The second-order valence-corrected chi connectivity index (χ2v) is 25.1. The largest absolute Gasteiger partial charge is 0.726 e. The van der Waals surface area contributed by atoms with Gasteiger partial charge < -0.3 is 128 Å². The number of carbonyl (C=O) groups is 2. The van der Waals surface area contributed by atoms with Crippen LogP contribution in [-0.4, -0.2) is 320 Å². The molecule has 0 unspecified atom stereocenters. The van der Waals surface area contributed by atoms with Gasteiger partial charge in [0.1, 0.15) is 116 Å². The third-order valence-corrected chi connectivity index (χ3v) is 16.3. The van der Waals surface area contributed by atoms with Crippen LogP contribution in [0, 0.1) is 0 Å². The Morgan fingerprint density at radius 3 is 0.889 bits per heavy atom. The molecule has 0 N–H and O–H groups in total. The van der Waals surface area contributed by atoms with Crippen molar-refractivity contribution >= 4 is 74.3 Å². The van der Waals surface area contributed by atoms with E-state index < -0.39 is 247 Å². The van der Waals surface area contributed by atoms with Crippen LogP contribution < -0.4 is 10.2 Å². The molecule has 5 heterocycles. The fourth-order valence-electron chi connectivity index (χ4n) is 10.2. The highest BCUT2D eigenvalue weighted by atomic mass is 32.3. The lowest BCUT2D eigenvalue weighted by atomic mass is 9.94. The molecule has 0 amide bonds. The predicted octanol–water partition coefficient (Wildman–Crippen LogP) is -11.2. The summed E-state index contributed by atoms with van der Waals surface area (Å²) < 4.78 is 338. The Morgan fingerprint density at radius 2 is 0.567 bits per heavy atom. The van der Waals surface area contributed by atoms with Gasteiger partial charge in [-0.3, -0.25) is 25.1 Å². The smallest absolute Gasteiger partial charge is 0.218 e. The van der Waals surface area contributed by atoms with Crippen molar-refractivity contribution in [1.82, 2.24) is 0 Å². The number of rotatable bonds is 33. The Hall–Kier alpha value is -2.52. The summed E-state index contributed by atoms with van der Waals surface area (Å²) in [6, 6.07) is 0. The van der Waals surface area contributed by atoms with E-state index in [0.717, 1.165) is 63.8 Å². The van der Waals surface area contributed by atoms with Crippen molar-refractivity contribution in [2.45, 2.75) is 160 Å². The molecule has 0 aliphatic carbocycles. The minimum atomic E-state index is -6.44. The Balaban J connectivity index is 1.60. The molecule has 5 fully saturated rings. The molecule has 0 aromatic carbocycles. The fraction of sp³-hybridized carbons (Fsp3) is 0.949. The van der Waals surface area contributed by atoms with Crippen molar-refractivity contribution in [2.24, 2.45) is 0 Å². The summed E-state index contributed by atoms with van der Waals surface area (Å²) in [6.07, 6.45) is -55.7. The first-order chi connectivity index (χ1) is 41.6. The van der Waals surface area contributed by atoms with E-state index in [-0.39, 0.29) is 0 Å². The third kappa shape index (κ3) is 21.0. The predicted molar refractivity (Wildman–Crippen MR) is 256 cm³/mol. The molecule has 5 saturated heterocycles. The van der Waals surface area contributed by atoms with E-state index in [9.17, 15) is 97.6 Å². The van der Waals surface area contributed by atoms with Gasteiger partial charge in [-0.25, -0.2) is 50.5 Å². The van der Waals surface area contributed by atoms with Crippen LogP contribution in [0.1, 0.15) is 6.92 Å². The summed E-state index contributed by atoms with van der Waals surface area (Å²) >= 11 is 0. The summed E-state index contributed by atoms with van der Waals surface area (Å²) in [4.78, 5) is 26.2. The summed E-state index contributed by atoms with van der Waals surface area (Å²) in [5.74, 6) is -4.68. The monoisotopic (exact) mass is 1440 g/mol. The van der Waals surface area contributed by atoms with Crippen LogP contribution in [0.25, 0.3) is 0 Å². The first kappa shape index (κ1) is 78.2. The first-order valence-corrected chi connectivity index (χ1v) is 32.8. The highest BCUT2D eigenvalue weighted by Crippen LogP contribution is 2.41. The number of carbonyl (C=O) groups excluding carboxylic acids is 2. The second kappa shape index (κ2) is 32.0. The number of aliphatic carboxylic acids is 2. The maximum absolute atomic E-state index is 13.1. The van der Waals surface area contributed by atoms with Crippen molar-refractivity contribution in [3.8, 4) is 0 Å². The molecule has 90 heavy (non-hydrogen) atoms. The summed E-state index contributed by atoms with van der Waals surface area (Å²) in [7, 11) is -28.1. The number of methoxy groups -OCH3 is 8. The molecule has 0 aromatic rings. The number of hydrogen-bond acceptors (Lipinski definition) is 45. The van der Waals surface area contributed by atoms with Crippen LogP contribution in [0.15, 0.2) is 0 Å². The van der Waals surface area contributed by atoms with Crippen molar-refractivity contribution in [3.05, 3.63) is 0 Å². The highest BCUT2D eigenvalue weighted by molar-refractivity contribution is 7.82. The van der Waals surface area contributed by atoms with Gasteiger partial charge in [0.05, 0.1) is 37.9 Å². The standard InChI is InChI=1S/C39H66O45S6/c1-13-17(82-88(53,54)55)21(63-3)19(15(73-13)11-71-86(47,48)49)76-37-31(68-8)24(66-6)26(29(80-37)35(42)43)79-39-33(84-90(59,60)61)27(83-89(56,57)58)20(16(75-39)12-72-87(50,51)52)77-38-32(69-9)23(65-5)25(28(81-38)34(40)41)78-36-30(67-7)22(64-4)18(62-2)14(74-36)10-70-85(44,45)46/h13-33,36-39H,10-12H2,1-9H3,(H,40,41)(H,42,43)(H,44,45,46)(H,47,48,49)(H,50,51,52)(H,53,54,55)(H,56,57,58)(H,59,60,61)/p-8/t13-,14-,15-,16-,17+,18-,19-,20-,21-,22+,23+,24+,25+,26+,27+,28+,29-,30-,31-,32-,33-,36-,37-,38-,39-/m1/s1. The van der Waals surface area contributed by atoms with Gasteiger partial charge >= 0.3 is 0 Å². The van der Waals surface area contributed by atoms with Crippen LogP contribution >= 0.6 is 0 Å². The maximum Gasteiger partial charge on any atom is 0.218 e. The molecule has 5 aliphatic rings. The van der Waals surface area contributed by atoms with Gasteiger partial charge in [0.15, 0.2) is 31.3 Å². The molecular weight excluding hydrogens is 1380 g/mol. The summed E-state index contributed by atoms with van der Waals surface area (Å²) in [5, 5.41) is 26.2. The second-order valence-electron chi connectivity index (χ2n) is 18.9. The zero-order valence-corrected chi connectivity index (χ0v) is 52.3. The molecule has 528 valence electrons. The van der Waals surface area contributed by atoms with E-state index in [4.69, 9.17) is 80.5 Å². The van der Waals surface area contributed by atoms with Crippen molar-refractivity contribution in [1.29, 1.82) is 0 Å². The topological polar surface area (TPSA) is 636 Å². The van der Waals surface area contributed by atoms with Crippen molar-refractivity contribution in [2.75, 3.05) is 76.7 Å². The van der Waals surface area contributed by atoms with E-state index in [1.807, 2.05) is 0 Å². The number of ether oxygens (including phenoxy) is 17. The molecule has 25 atom stereocenters. The van der Waals surface area contributed by atoms with E-state index in [0.29, 0.717) is 0 Å². The van der Waals surface area contributed by atoms with Crippen LogP contribution in [0.5, 0.6) is 0 Å². The minimum absolute atomic E-state index is 0.763. The lowest BCUT2D eigenvalue weighted by Crippen LogP contribution is -2.70. The Labute approximate surface area is 512 Å². The number of hydrogen-bond donors (Lipinski definition) is 0. The molecule has 51 heteroatoms. The Morgan fingerprint density at radius 1 is 0.311 bits per heavy atom. The first-order valence-electron chi connectivity index (χ1n) is 24.8. The average molecular weight is 1440 g/mol. The molecule has 0 saturated carbocycles. The van der Waals surface area contributed by atoms with E-state index in [2.05, 4.69) is 25.1 Å². The minimum Gasteiger partial charge on any atom is -0.726 e. The highest BCUT2D eigenvalue weighted by Gasteiger charge is 2.60. The lowest BCUT2D eigenvalue weighted by molar-refractivity contribution is -0.400. The molecule has 0 radical (unpaired) electrons. The Bertz CT molecular complexity index is 3060. The van der Waals surface area contributed by atoms with Gasteiger partial charge in [0.25, 0.3) is 0 Å². The van der Waals surface area contributed by atoms with E-state index >= 15 is 0 Å².